The van der Waals surface area contributed by atoms with Gasteiger partial charge < -0.3 is 19.9 Å². The van der Waals surface area contributed by atoms with Crippen LogP contribution in [-0.2, 0) is 9.47 Å². The van der Waals surface area contributed by atoms with E-state index in [0.29, 0.717) is 29.9 Å². The summed E-state index contributed by atoms with van der Waals surface area (Å²) in [5.41, 5.74) is 0.623. The van der Waals surface area contributed by atoms with Crippen molar-refractivity contribution in [3.05, 3.63) is 28.5 Å². The van der Waals surface area contributed by atoms with E-state index in [2.05, 4.69) is 28.2 Å². The van der Waals surface area contributed by atoms with Gasteiger partial charge in [0.05, 0.1) is 30.4 Å². The first kappa shape index (κ1) is 18.4. The first-order valence-corrected chi connectivity index (χ1v) is 7.95. The van der Waals surface area contributed by atoms with Gasteiger partial charge in [-0.15, -0.1) is 0 Å². The smallest absolute Gasteiger partial charge is 0.139 e. The number of anilines is 1. The highest BCUT2D eigenvalue weighted by atomic mass is 79.9. The van der Waals surface area contributed by atoms with Crippen LogP contribution in [-0.4, -0.2) is 44.2 Å². The molecule has 0 radical (unpaired) electrons. The fourth-order valence-corrected chi connectivity index (χ4v) is 1.83. The van der Waals surface area contributed by atoms with Crippen molar-refractivity contribution in [1.29, 1.82) is 0 Å². The van der Waals surface area contributed by atoms with Crippen molar-refractivity contribution in [2.75, 3.05) is 38.3 Å². The summed E-state index contributed by atoms with van der Waals surface area (Å²) in [5, 5.41) is 12.7. The summed E-state index contributed by atoms with van der Waals surface area (Å²) in [5.74, 6) is -0.338. The third-order valence-corrected chi connectivity index (χ3v) is 3.43. The Hall–Kier alpha value is -0.690. The molecule has 0 aliphatic carbocycles. The number of benzene rings is 1. The van der Waals surface area contributed by atoms with Gasteiger partial charge in [-0.1, -0.05) is 13.3 Å². The molecule has 2 N–H and O–H groups in total. The van der Waals surface area contributed by atoms with Crippen molar-refractivity contribution >= 4 is 21.6 Å². The molecule has 21 heavy (non-hydrogen) atoms. The number of aliphatic hydroxyl groups is 1. The van der Waals surface area contributed by atoms with E-state index in [1.807, 2.05) is 0 Å². The van der Waals surface area contributed by atoms with Gasteiger partial charge in [0.15, 0.2) is 0 Å². The lowest BCUT2D eigenvalue weighted by molar-refractivity contribution is 0.00749. The molecule has 1 atom stereocenters. The van der Waals surface area contributed by atoms with E-state index in [4.69, 9.17) is 9.47 Å². The van der Waals surface area contributed by atoms with Gasteiger partial charge in [0.1, 0.15) is 5.82 Å². The minimum absolute atomic E-state index is 0.225. The molecule has 4 nitrogen and oxygen atoms in total. The van der Waals surface area contributed by atoms with Crippen molar-refractivity contribution in [3.63, 3.8) is 0 Å². The predicted molar refractivity (Wildman–Crippen MR) is 85.1 cm³/mol. The SMILES string of the molecule is CCCCOCCOCC(O)CNc1ccc(Br)c(F)c1. The van der Waals surface area contributed by atoms with Gasteiger partial charge in [-0.25, -0.2) is 4.39 Å². The zero-order valence-electron chi connectivity index (χ0n) is 12.3. The minimum atomic E-state index is -0.646. The number of hydrogen-bond acceptors (Lipinski definition) is 4. The maximum absolute atomic E-state index is 13.3. The number of ether oxygens (including phenoxy) is 2. The van der Waals surface area contributed by atoms with Crippen LogP contribution in [0, 0.1) is 5.82 Å². The van der Waals surface area contributed by atoms with Crippen LogP contribution in [0.1, 0.15) is 19.8 Å². The fraction of sp³-hybridized carbons (Fsp3) is 0.600. The van der Waals surface area contributed by atoms with Crippen LogP contribution in [0.4, 0.5) is 10.1 Å². The van der Waals surface area contributed by atoms with Crippen LogP contribution < -0.4 is 5.32 Å². The maximum Gasteiger partial charge on any atom is 0.139 e. The van der Waals surface area contributed by atoms with E-state index >= 15 is 0 Å². The summed E-state index contributed by atoms with van der Waals surface area (Å²) in [6.45, 7) is 4.40. The lowest BCUT2D eigenvalue weighted by atomic mass is 10.3. The van der Waals surface area contributed by atoms with E-state index in [1.165, 1.54) is 6.07 Å². The Morgan fingerprint density at radius 2 is 2.05 bits per heavy atom. The maximum atomic E-state index is 13.3. The topological polar surface area (TPSA) is 50.7 Å². The van der Waals surface area contributed by atoms with Crippen molar-refractivity contribution < 1.29 is 19.0 Å². The summed E-state index contributed by atoms with van der Waals surface area (Å²) in [6.07, 6.45) is 1.52. The molecule has 1 rings (SSSR count). The molecule has 0 spiro atoms. The van der Waals surface area contributed by atoms with Gasteiger partial charge in [0.2, 0.25) is 0 Å². The second-order valence-electron chi connectivity index (χ2n) is 4.70. The molecule has 0 aliphatic heterocycles. The Morgan fingerprint density at radius 3 is 2.76 bits per heavy atom. The monoisotopic (exact) mass is 363 g/mol. The molecular formula is C15H23BrFNO3. The standard InChI is InChI=1S/C15H23BrFNO3/c1-2-3-6-20-7-8-21-11-13(19)10-18-12-4-5-14(16)15(17)9-12/h4-5,9,13,18-19H,2-3,6-8,10-11H2,1H3. The Bertz CT molecular complexity index is 407. The van der Waals surface area contributed by atoms with Gasteiger partial charge in [-0.3, -0.25) is 0 Å². The van der Waals surface area contributed by atoms with Crippen LogP contribution in [0.25, 0.3) is 0 Å². The zero-order chi connectivity index (χ0) is 15.5. The van der Waals surface area contributed by atoms with E-state index in [0.717, 1.165) is 19.4 Å². The minimum Gasteiger partial charge on any atom is -0.389 e. The van der Waals surface area contributed by atoms with Gasteiger partial charge in [0.25, 0.3) is 0 Å². The fourth-order valence-electron chi connectivity index (χ4n) is 1.59. The molecule has 0 fully saturated rings. The molecule has 0 saturated heterocycles. The summed E-state index contributed by atoms with van der Waals surface area (Å²) in [6, 6.07) is 4.73. The number of rotatable bonds is 11. The Labute approximate surface area is 133 Å². The average Bonchev–Trinajstić information content (AvgIpc) is 2.47. The van der Waals surface area contributed by atoms with Crippen LogP contribution in [0.3, 0.4) is 0 Å². The molecule has 1 aromatic rings. The first-order valence-electron chi connectivity index (χ1n) is 7.16. The van der Waals surface area contributed by atoms with Crippen LogP contribution >= 0.6 is 15.9 Å². The molecule has 0 saturated carbocycles. The molecule has 6 heteroatoms. The van der Waals surface area contributed by atoms with Gasteiger partial charge in [0, 0.05) is 18.8 Å². The quantitative estimate of drug-likeness (QED) is 0.592. The molecule has 0 aromatic heterocycles. The van der Waals surface area contributed by atoms with Crippen molar-refractivity contribution in [3.8, 4) is 0 Å². The predicted octanol–water partition coefficient (Wildman–Crippen LogP) is 3.19. The Morgan fingerprint density at radius 1 is 1.29 bits per heavy atom. The molecule has 1 aromatic carbocycles. The third kappa shape index (κ3) is 8.36. The van der Waals surface area contributed by atoms with Gasteiger partial charge in [-0.2, -0.15) is 0 Å². The Balaban J connectivity index is 2.08. The molecule has 0 heterocycles. The van der Waals surface area contributed by atoms with E-state index < -0.39 is 6.10 Å². The lowest BCUT2D eigenvalue weighted by Gasteiger charge is -2.13. The van der Waals surface area contributed by atoms with Crippen molar-refractivity contribution in [1.82, 2.24) is 0 Å². The van der Waals surface area contributed by atoms with Crippen LogP contribution in [0.5, 0.6) is 0 Å². The molecule has 0 aliphatic rings. The molecule has 0 amide bonds. The van der Waals surface area contributed by atoms with E-state index in [1.54, 1.807) is 12.1 Å². The number of unbranched alkanes of at least 4 members (excludes halogenated alkanes) is 1. The zero-order valence-corrected chi connectivity index (χ0v) is 13.9. The summed E-state index contributed by atoms with van der Waals surface area (Å²) < 4.78 is 24.4. The highest BCUT2D eigenvalue weighted by Crippen LogP contribution is 2.19. The molecule has 1 unspecified atom stereocenters. The number of halogens is 2. The molecule has 120 valence electrons. The number of aliphatic hydroxyl groups excluding tert-OH is 1. The summed E-state index contributed by atoms with van der Waals surface area (Å²) in [7, 11) is 0. The highest BCUT2D eigenvalue weighted by Gasteiger charge is 2.05. The van der Waals surface area contributed by atoms with Crippen LogP contribution in [0.2, 0.25) is 0 Å². The second kappa shape index (κ2) is 11.0. The summed E-state index contributed by atoms with van der Waals surface area (Å²) in [4.78, 5) is 0. The first-order chi connectivity index (χ1) is 10.1. The number of hydrogen-bond donors (Lipinski definition) is 2. The third-order valence-electron chi connectivity index (χ3n) is 2.79. The van der Waals surface area contributed by atoms with E-state index in [9.17, 15) is 9.50 Å². The lowest BCUT2D eigenvalue weighted by Crippen LogP contribution is -2.25. The normalized spacial score (nSPS) is 12.4. The molecule has 0 bridgehead atoms. The van der Waals surface area contributed by atoms with E-state index in [-0.39, 0.29) is 12.4 Å². The largest absolute Gasteiger partial charge is 0.389 e. The van der Waals surface area contributed by atoms with Gasteiger partial charge >= 0.3 is 0 Å². The van der Waals surface area contributed by atoms with Crippen molar-refractivity contribution in [2.24, 2.45) is 0 Å². The summed E-state index contributed by atoms with van der Waals surface area (Å²) >= 11 is 3.09. The van der Waals surface area contributed by atoms with Crippen LogP contribution in [0.15, 0.2) is 22.7 Å². The van der Waals surface area contributed by atoms with Gasteiger partial charge in [-0.05, 0) is 40.5 Å². The Kier molecular flexibility index (Phi) is 9.58. The van der Waals surface area contributed by atoms with Crippen molar-refractivity contribution in [2.45, 2.75) is 25.9 Å². The average molecular weight is 364 g/mol. The molecular weight excluding hydrogens is 341 g/mol. The number of nitrogens with one attached hydrogen (secondary N) is 1. The highest BCUT2D eigenvalue weighted by molar-refractivity contribution is 9.10. The second-order valence-corrected chi connectivity index (χ2v) is 5.56.